The van der Waals surface area contributed by atoms with E-state index in [1.807, 2.05) is 32.0 Å². The van der Waals surface area contributed by atoms with Gasteiger partial charge in [-0.3, -0.25) is 0 Å². The predicted molar refractivity (Wildman–Crippen MR) is 98.8 cm³/mol. The molecule has 2 aromatic carbocycles. The Morgan fingerprint density at radius 3 is 2.40 bits per heavy atom. The molecular weight excluding hydrogens is 360 g/mol. The monoisotopic (exact) mass is 382 g/mol. The van der Waals surface area contributed by atoms with E-state index in [4.69, 9.17) is 9.88 Å². The Kier molecular flexibility index (Phi) is 6.12. The van der Waals surface area contributed by atoms with E-state index < -0.39 is 21.2 Å². The first-order chi connectivity index (χ1) is 11.6. The zero-order valence-corrected chi connectivity index (χ0v) is 16.3. The lowest BCUT2D eigenvalue weighted by Gasteiger charge is -2.16. The summed E-state index contributed by atoms with van der Waals surface area (Å²) in [4.78, 5) is 2.71. The number of primary sulfonamides is 1. The number of hydrogen-bond acceptors (Lipinski definition) is 5. The Labute approximate surface area is 151 Å². The van der Waals surface area contributed by atoms with Crippen molar-refractivity contribution in [2.24, 2.45) is 5.14 Å². The maximum Gasteiger partial charge on any atom is 0.238 e. The van der Waals surface area contributed by atoms with Gasteiger partial charge in [-0.25, -0.2) is 13.6 Å². The molecule has 0 aromatic heterocycles. The third-order valence-electron chi connectivity index (χ3n) is 3.53. The maximum atomic E-state index is 11.6. The number of ether oxygens (including phenoxy) is 1. The molecule has 136 valence electrons. The largest absolute Gasteiger partial charge is 0.612 e. The Hall–Kier alpha value is -1.58. The van der Waals surface area contributed by atoms with Gasteiger partial charge in [-0.2, -0.15) is 0 Å². The lowest BCUT2D eigenvalue weighted by atomic mass is 10.2. The van der Waals surface area contributed by atoms with Crippen LogP contribution in [0, 0.1) is 6.92 Å². The van der Waals surface area contributed by atoms with Gasteiger partial charge in [-0.1, -0.05) is 0 Å². The zero-order valence-electron chi connectivity index (χ0n) is 14.6. The number of hydrogen-bond donors (Lipinski definition) is 1. The van der Waals surface area contributed by atoms with Crippen LogP contribution in [0.4, 0.5) is 0 Å². The molecule has 0 saturated carbocycles. The third kappa shape index (κ3) is 5.20. The van der Waals surface area contributed by atoms with Crippen molar-refractivity contribution in [1.82, 2.24) is 4.90 Å². The number of nitrogens with zero attached hydrogens (tertiary/aromatic N) is 1. The molecule has 0 amide bonds. The van der Waals surface area contributed by atoms with E-state index in [2.05, 4.69) is 0 Å². The highest BCUT2D eigenvalue weighted by atomic mass is 32.2. The third-order valence-corrected chi connectivity index (χ3v) is 5.52. The molecule has 25 heavy (non-hydrogen) atoms. The second-order valence-corrected chi connectivity index (χ2v) is 8.95. The minimum atomic E-state index is -3.78. The average Bonchev–Trinajstić information content (AvgIpc) is 2.47. The van der Waals surface area contributed by atoms with E-state index in [0.717, 1.165) is 10.5 Å². The molecule has 8 heteroatoms. The van der Waals surface area contributed by atoms with Gasteiger partial charge in [0.2, 0.25) is 10.0 Å². The standard InChI is InChI=1S/C17H22N2O4S2/c1-12-9-14(5-8-17(12)24(4)20)23-16-7-6-15(25(18,21)22)10-13(16)11-19(2)3/h5-10H,11H2,1-4H3,(H2,18,21,22). The number of benzene rings is 2. The Bertz CT molecular complexity index is 865. The minimum absolute atomic E-state index is 0.0459. The van der Waals surface area contributed by atoms with Gasteiger partial charge < -0.3 is 14.2 Å². The summed E-state index contributed by atoms with van der Waals surface area (Å²) in [7, 11) is -0.0247. The van der Waals surface area contributed by atoms with Crippen molar-refractivity contribution in [3.05, 3.63) is 47.5 Å². The highest BCUT2D eigenvalue weighted by Crippen LogP contribution is 2.30. The summed E-state index contributed by atoms with van der Waals surface area (Å²) in [6.07, 6.45) is 1.63. The van der Waals surface area contributed by atoms with Crippen molar-refractivity contribution in [3.8, 4) is 11.5 Å². The smallest absolute Gasteiger partial charge is 0.238 e. The van der Waals surface area contributed by atoms with Gasteiger partial charge in [0.05, 0.1) is 4.90 Å². The number of nitrogens with two attached hydrogens (primary N) is 1. The highest BCUT2D eigenvalue weighted by Gasteiger charge is 2.15. The lowest BCUT2D eigenvalue weighted by Crippen LogP contribution is -2.15. The quantitative estimate of drug-likeness (QED) is 0.773. The molecule has 0 heterocycles. The van der Waals surface area contributed by atoms with E-state index >= 15 is 0 Å². The summed E-state index contributed by atoms with van der Waals surface area (Å²) < 4.78 is 40.7. The topological polar surface area (TPSA) is 95.7 Å². The molecule has 1 atom stereocenters. The lowest BCUT2D eigenvalue weighted by molar-refractivity contribution is 0.388. The van der Waals surface area contributed by atoms with Crippen molar-refractivity contribution >= 4 is 21.2 Å². The van der Waals surface area contributed by atoms with Crippen LogP contribution >= 0.6 is 0 Å². The van der Waals surface area contributed by atoms with Crippen molar-refractivity contribution in [3.63, 3.8) is 0 Å². The molecular formula is C17H22N2O4S2. The second-order valence-electron chi connectivity index (χ2n) is 6.04. The van der Waals surface area contributed by atoms with Gasteiger partial charge in [-0.05, 0) is 68.6 Å². The molecule has 0 bridgehead atoms. The van der Waals surface area contributed by atoms with Crippen LogP contribution in [0.15, 0.2) is 46.2 Å². The molecule has 0 aliphatic carbocycles. The SMILES string of the molecule is Cc1cc(Oc2ccc(S(N)(=O)=O)cc2CN(C)C)ccc1[S+](C)[O-]. The molecule has 1 unspecified atom stereocenters. The summed E-state index contributed by atoms with van der Waals surface area (Å²) >= 11 is -1.06. The average molecular weight is 383 g/mol. The van der Waals surface area contributed by atoms with Crippen molar-refractivity contribution in [1.29, 1.82) is 0 Å². The molecule has 0 radical (unpaired) electrons. The Morgan fingerprint density at radius 1 is 1.20 bits per heavy atom. The van der Waals surface area contributed by atoms with Crippen LogP contribution < -0.4 is 9.88 Å². The summed E-state index contributed by atoms with van der Waals surface area (Å²) in [6.45, 7) is 2.36. The Balaban J connectivity index is 2.40. The summed E-state index contributed by atoms with van der Waals surface area (Å²) in [5.41, 5.74) is 1.57. The van der Waals surface area contributed by atoms with Crippen LogP contribution in [0.5, 0.6) is 11.5 Å². The first kappa shape index (κ1) is 19.7. The zero-order chi connectivity index (χ0) is 18.8. The fourth-order valence-electron chi connectivity index (χ4n) is 2.43. The fraction of sp³-hybridized carbons (Fsp3) is 0.294. The van der Waals surface area contributed by atoms with E-state index in [-0.39, 0.29) is 4.90 Å². The van der Waals surface area contributed by atoms with Crippen molar-refractivity contribution in [2.75, 3.05) is 20.4 Å². The summed E-state index contributed by atoms with van der Waals surface area (Å²) in [5, 5.41) is 5.21. The summed E-state index contributed by atoms with van der Waals surface area (Å²) in [5.74, 6) is 1.14. The first-order valence-corrected chi connectivity index (χ1v) is 10.6. The fourth-order valence-corrected chi connectivity index (χ4v) is 3.77. The molecule has 0 aliphatic rings. The van der Waals surface area contributed by atoms with Crippen LogP contribution in [0.3, 0.4) is 0 Å². The maximum absolute atomic E-state index is 11.6. The highest BCUT2D eigenvalue weighted by molar-refractivity contribution is 7.90. The van der Waals surface area contributed by atoms with Gasteiger partial charge in [0, 0.05) is 17.7 Å². The molecule has 2 aromatic rings. The Morgan fingerprint density at radius 2 is 1.88 bits per heavy atom. The van der Waals surface area contributed by atoms with Gasteiger partial charge in [0.15, 0.2) is 4.90 Å². The van der Waals surface area contributed by atoms with Gasteiger partial charge in [0.25, 0.3) is 0 Å². The molecule has 0 aliphatic heterocycles. The van der Waals surface area contributed by atoms with E-state index in [0.29, 0.717) is 23.6 Å². The van der Waals surface area contributed by atoms with Crippen LogP contribution in [-0.2, 0) is 27.7 Å². The number of aryl methyl sites for hydroxylation is 1. The summed E-state index contributed by atoms with van der Waals surface area (Å²) in [6, 6.07) is 9.87. The predicted octanol–water partition coefficient (Wildman–Crippen LogP) is 2.23. The molecule has 0 saturated heterocycles. The molecule has 2 rings (SSSR count). The number of sulfonamides is 1. The van der Waals surface area contributed by atoms with Crippen molar-refractivity contribution in [2.45, 2.75) is 23.3 Å². The van der Waals surface area contributed by atoms with Crippen LogP contribution in [0.2, 0.25) is 0 Å². The second kappa shape index (κ2) is 7.76. The van der Waals surface area contributed by atoms with Crippen LogP contribution in [0.1, 0.15) is 11.1 Å². The van der Waals surface area contributed by atoms with Crippen molar-refractivity contribution < 1.29 is 17.7 Å². The van der Waals surface area contributed by atoms with Crippen LogP contribution in [0.25, 0.3) is 0 Å². The van der Waals surface area contributed by atoms with Gasteiger partial charge >= 0.3 is 0 Å². The normalized spacial score (nSPS) is 13.1. The van der Waals surface area contributed by atoms with Gasteiger partial charge in [-0.15, -0.1) is 0 Å². The van der Waals surface area contributed by atoms with E-state index in [1.54, 1.807) is 24.5 Å². The minimum Gasteiger partial charge on any atom is -0.612 e. The number of rotatable bonds is 6. The first-order valence-electron chi connectivity index (χ1n) is 7.50. The van der Waals surface area contributed by atoms with Gasteiger partial charge in [0.1, 0.15) is 17.8 Å². The molecule has 6 nitrogen and oxygen atoms in total. The van der Waals surface area contributed by atoms with Crippen LogP contribution in [-0.4, -0.2) is 38.2 Å². The molecule has 2 N–H and O–H groups in total. The van der Waals surface area contributed by atoms with E-state index in [1.165, 1.54) is 12.1 Å². The molecule has 0 fully saturated rings. The van der Waals surface area contributed by atoms with E-state index in [9.17, 15) is 13.0 Å². The molecule has 0 spiro atoms.